The summed E-state index contributed by atoms with van der Waals surface area (Å²) in [7, 11) is 0. The summed E-state index contributed by atoms with van der Waals surface area (Å²) in [5, 5.41) is 44.8. The fourth-order valence-corrected chi connectivity index (χ4v) is 3.68. The Balaban J connectivity index is 1.88. The molecule has 0 aliphatic carbocycles. The number of aliphatic hydroxyl groups is 2. The van der Waals surface area contributed by atoms with Crippen molar-refractivity contribution >= 4 is 17.8 Å². The van der Waals surface area contributed by atoms with E-state index in [1.165, 1.54) is 0 Å². The van der Waals surface area contributed by atoms with Crippen LogP contribution in [0.25, 0.3) is 0 Å². The zero-order chi connectivity index (χ0) is 22.3. The molecule has 1 unspecified atom stereocenters. The number of carboxylic acid groups (broad SMARTS) is 2. The summed E-state index contributed by atoms with van der Waals surface area (Å²) in [6.07, 6.45) is 1.27. The van der Waals surface area contributed by atoms with Crippen molar-refractivity contribution in [3.8, 4) is 0 Å². The van der Waals surface area contributed by atoms with Gasteiger partial charge in [0.2, 0.25) is 0 Å². The minimum absolute atomic E-state index is 0.200. The molecule has 0 aromatic heterocycles. The van der Waals surface area contributed by atoms with Gasteiger partial charge in [0.05, 0.1) is 18.2 Å². The highest BCUT2D eigenvalue weighted by Gasteiger charge is 2.38. The maximum Gasteiger partial charge on any atom is 0.362 e. The Morgan fingerprint density at radius 2 is 1.73 bits per heavy atom. The molecule has 12 nitrogen and oxygen atoms in total. The summed E-state index contributed by atoms with van der Waals surface area (Å²) in [4.78, 5) is 28.3. The summed E-state index contributed by atoms with van der Waals surface area (Å²) >= 11 is 0. The average molecular weight is 433 g/mol. The summed E-state index contributed by atoms with van der Waals surface area (Å²) in [6, 6.07) is -1.46. The van der Waals surface area contributed by atoms with Crippen molar-refractivity contribution in [3.63, 3.8) is 0 Å². The predicted octanol–water partition coefficient (Wildman–Crippen LogP) is -4.00. The van der Waals surface area contributed by atoms with Crippen LogP contribution in [0.1, 0.15) is 38.5 Å². The van der Waals surface area contributed by atoms with Crippen molar-refractivity contribution < 1.29 is 41.5 Å². The van der Waals surface area contributed by atoms with E-state index in [2.05, 4.69) is 27.1 Å². The number of unbranched alkanes of at least 4 members (excludes halogenated alkanes) is 1. The largest absolute Gasteiger partial charge is 0.477 e. The molecule has 2 heterocycles. The van der Waals surface area contributed by atoms with Crippen LogP contribution in [0.4, 0.5) is 0 Å². The van der Waals surface area contributed by atoms with Gasteiger partial charge in [0.1, 0.15) is 5.84 Å². The van der Waals surface area contributed by atoms with Crippen LogP contribution >= 0.6 is 0 Å². The van der Waals surface area contributed by atoms with Gasteiger partial charge in [-0.1, -0.05) is 0 Å². The van der Waals surface area contributed by atoms with E-state index in [1.54, 1.807) is 0 Å². The highest BCUT2D eigenvalue weighted by molar-refractivity contribution is 5.89. The molecule has 0 amide bonds. The van der Waals surface area contributed by atoms with Crippen LogP contribution in [0.5, 0.6) is 0 Å². The number of quaternary nitrogens is 2. The summed E-state index contributed by atoms with van der Waals surface area (Å²) < 4.78 is 0. The predicted molar refractivity (Wildman–Crippen MR) is 106 cm³/mol. The van der Waals surface area contributed by atoms with E-state index in [0.717, 1.165) is 12.3 Å². The topological polar surface area (TPSA) is 210 Å². The Labute approximate surface area is 175 Å². The van der Waals surface area contributed by atoms with E-state index < -0.39 is 36.2 Å². The third kappa shape index (κ3) is 7.15. The second-order valence-corrected chi connectivity index (χ2v) is 8.09. The number of amidine groups is 1. The molecule has 1 fully saturated rings. The van der Waals surface area contributed by atoms with Crippen LogP contribution in [-0.4, -0.2) is 99.4 Å². The second kappa shape index (κ2) is 11.5. The lowest BCUT2D eigenvalue weighted by atomic mass is 10.1. The Kier molecular flexibility index (Phi) is 9.39. The van der Waals surface area contributed by atoms with Gasteiger partial charge in [-0.25, -0.2) is 14.6 Å². The van der Waals surface area contributed by atoms with Crippen LogP contribution in [0.2, 0.25) is 0 Å². The number of aliphatic hydroxyl groups excluding tert-OH is 2. The molecule has 12 heteroatoms. The number of aliphatic imine (C=N–C) groups is 1. The van der Waals surface area contributed by atoms with Gasteiger partial charge in [0.15, 0.2) is 18.4 Å². The zero-order valence-corrected chi connectivity index (χ0v) is 17.2. The number of carboxylic acids is 2. The van der Waals surface area contributed by atoms with Crippen LogP contribution in [0, 0.1) is 0 Å². The maximum absolute atomic E-state index is 10.9. The first-order valence-electron chi connectivity index (χ1n) is 10.5. The van der Waals surface area contributed by atoms with Gasteiger partial charge in [-0.3, -0.25) is 10.6 Å². The zero-order valence-electron chi connectivity index (χ0n) is 17.2. The Bertz CT molecular complexity index is 620. The quantitative estimate of drug-likeness (QED) is 0.141. The lowest BCUT2D eigenvalue weighted by molar-refractivity contribution is -0.409. The number of hydrogen-bond donors (Lipinski definition) is 8. The number of fused-ring (bicyclic) bond motifs is 1. The molecule has 172 valence electrons. The van der Waals surface area contributed by atoms with Crippen LogP contribution in [0.15, 0.2) is 4.99 Å². The molecule has 0 spiro atoms. The highest BCUT2D eigenvalue weighted by Crippen LogP contribution is 2.20. The summed E-state index contributed by atoms with van der Waals surface area (Å²) in [5.74, 6) is -1.04. The molecule has 30 heavy (non-hydrogen) atoms. The van der Waals surface area contributed by atoms with E-state index in [1.807, 2.05) is 4.90 Å². The van der Waals surface area contributed by atoms with Crippen molar-refractivity contribution in [1.29, 1.82) is 0 Å². The molecule has 0 saturated carbocycles. The van der Waals surface area contributed by atoms with Gasteiger partial charge in [-0.15, -0.1) is 0 Å². The Morgan fingerprint density at radius 1 is 1.10 bits per heavy atom. The van der Waals surface area contributed by atoms with Crippen LogP contribution in [-0.2, 0) is 9.59 Å². The van der Waals surface area contributed by atoms with Crippen molar-refractivity contribution in [1.82, 2.24) is 15.5 Å². The fourth-order valence-electron chi connectivity index (χ4n) is 3.68. The normalized spacial score (nSPS) is 28.4. The first-order chi connectivity index (χ1) is 14.2. The van der Waals surface area contributed by atoms with E-state index in [0.29, 0.717) is 45.2 Å². The first-order valence-corrected chi connectivity index (χ1v) is 10.5. The molecular weight excluding hydrogens is 396 g/mol. The van der Waals surface area contributed by atoms with Crippen molar-refractivity contribution in [2.45, 2.75) is 75.1 Å². The number of aliphatic carboxylic acids is 2. The molecule has 2 aliphatic heterocycles. The van der Waals surface area contributed by atoms with Crippen molar-refractivity contribution in [2.24, 2.45) is 4.99 Å². The molecular formula is C18H36N6O6+2. The lowest BCUT2D eigenvalue weighted by Crippen LogP contribution is -2.65. The number of likely N-dealkylation sites (tertiary alicyclic amines) is 1. The molecule has 6 atom stereocenters. The average Bonchev–Trinajstić information content (AvgIpc) is 3.04. The molecule has 0 aromatic carbocycles. The van der Waals surface area contributed by atoms with Crippen molar-refractivity contribution in [2.75, 3.05) is 19.6 Å². The third-order valence-corrected chi connectivity index (χ3v) is 5.58. The fraction of sp³-hybridized carbons (Fsp3) is 0.833. The molecule has 0 radical (unpaired) electrons. The lowest BCUT2D eigenvalue weighted by Gasteiger charge is -2.26. The van der Waals surface area contributed by atoms with Gasteiger partial charge in [-0.2, -0.15) is 0 Å². The summed E-state index contributed by atoms with van der Waals surface area (Å²) in [5.41, 5.74) is 7.21. The Morgan fingerprint density at radius 3 is 2.37 bits per heavy atom. The van der Waals surface area contributed by atoms with Gasteiger partial charge < -0.3 is 36.8 Å². The third-order valence-electron chi connectivity index (χ3n) is 5.58. The molecule has 2 rings (SSSR count). The first kappa shape index (κ1) is 24.4. The summed E-state index contributed by atoms with van der Waals surface area (Å²) in [6.45, 7) is 1.44. The molecule has 0 aromatic rings. The van der Waals surface area contributed by atoms with Gasteiger partial charge in [-0.05, 0) is 32.2 Å². The molecule has 1 saturated heterocycles. The van der Waals surface area contributed by atoms with Crippen molar-refractivity contribution in [3.05, 3.63) is 0 Å². The van der Waals surface area contributed by atoms with E-state index in [9.17, 15) is 19.8 Å². The van der Waals surface area contributed by atoms with E-state index >= 15 is 0 Å². The maximum atomic E-state index is 10.9. The van der Waals surface area contributed by atoms with Gasteiger partial charge in [0, 0.05) is 25.9 Å². The number of carbonyl (C=O) groups is 2. The van der Waals surface area contributed by atoms with Gasteiger partial charge >= 0.3 is 11.9 Å². The van der Waals surface area contributed by atoms with Crippen LogP contribution in [0.3, 0.4) is 0 Å². The number of hydrogen-bond acceptors (Lipinski definition) is 8. The Hall–Kier alpha value is -1.83. The van der Waals surface area contributed by atoms with E-state index in [4.69, 9.17) is 10.2 Å². The molecule has 12 N–H and O–H groups in total. The SMILES string of the molecule is [NH3+][C@@H](CCCCN1C[C@@H](O)[C@@H](O)C[C@@H]2NC(NCCC[C@H]([NH3+])C(=O)O)N=C21)C(=O)O. The minimum atomic E-state index is -0.909. The number of β-amino-alcohol motifs (C(OH)–C–C–N with tert-alkyl or cyclic N) is 1. The highest BCUT2D eigenvalue weighted by atomic mass is 16.4. The molecule has 2 aliphatic rings. The van der Waals surface area contributed by atoms with E-state index in [-0.39, 0.29) is 18.9 Å². The smallest absolute Gasteiger partial charge is 0.362 e. The second-order valence-electron chi connectivity index (χ2n) is 8.09. The monoisotopic (exact) mass is 432 g/mol. The van der Waals surface area contributed by atoms with Gasteiger partial charge in [0.25, 0.3) is 0 Å². The standard InChI is InChI=1S/C18H34N6O6/c19-10(16(27)28)4-1-2-7-24-9-14(26)13(25)8-12-15(24)23-18(22-12)21-6-3-5-11(20)17(29)30/h10-14,18,21-22,25-26H,1-9,19-20H2,(H,27,28)(H,29,30)/p+2/t10-,11-,12-,13-,14+,18?/m0/s1. The number of nitrogens with one attached hydrogen (secondary N) is 2. The minimum Gasteiger partial charge on any atom is -0.477 e. The number of rotatable bonds is 12. The van der Waals surface area contributed by atoms with Crippen LogP contribution < -0.4 is 22.1 Å². The number of nitrogens with zero attached hydrogens (tertiary/aromatic N) is 2. The molecule has 0 bridgehead atoms.